The Morgan fingerprint density at radius 3 is 2.60 bits per heavy atom. The van der Waals surface area contributed by atoms with Gasteiger partial charge in [-0.25, -0.2) is 9.97 Å². The Bertz CT molecular complexity index is 1170. The first kappa shape index (κ1) is 23.9. The smallest absolute Gasteiger partial charge is 0.272 e. The molecule has 1 amide bonds. The molecule has 6 heteroatoms. The topological polar surface area (TPSA) is 67.3 Å². The second-order valence-corrected chi connectivity index (χ2v) is 10.1. The summed E-state index contributed by atoms with van der Waals surface area (Å²) in [5, 5.41) is 6.27. The van der Waals surface area contributed by atoms with Crippen LogP contribution in [0, 0.1) is 6.92 Å². The van der Waals surface area contributed by atoms with Crippen molar-refractivity contribution in [1.82, 2.24) is 20.2 Å². The number of carbonyl (C=O) groups is 1. The van der Waals surface area contributed by atoms with Crippen molar-refractivity contribution in [3.05, 3.63) is 71.3 Å². The Hall–Kier alpha value is -2.83. The predicted octanol–water partition coefficient (Wildman–Crippen LogP) is 4.68. The first-order chi connectivity index (χ1) is 17.1. The number of rotatable bonds is 6. The fourth-order valence-electron chi connectivity index (χ4n) is 5.69. The Kier molecular flexibility index (Phi) is 7.40. The second kappa shape index (κ2) is 10.8. The lowest BCUT2D eigenvalue weighted by Crippen LogP contribution is -2.52. The van der Waals surface area contributed by atoms with Gasteiger partial charge in [0.25, 0.3) is 5.91 Å². The molecule has 2 atom stereocenters. The van der Waals surface area contributed by atoms with Gasteiger partial charge in [0.05, 0.1) is 11.8 Å². The van der Waals surface area contributed by atoms with Crippen LogP contribution in [0.4, 0.5) is 0 Å². The summed E-state index contributed by atoms with van der Waals surface area (Å²) in [6.07, 6.45) is 9.31. The molecule has 0 unspecified atom stereocenters. The van der Waals surface area contributed by atoms with Gasteiger partial charge in [-0.1, -0.05) is 55.3 Å². The normalized spacial score (nSPS) is 21.4. The number of amides is 1. The van der Waals surface area contributed by atoms with Crippen LogP contribution >= 0.6 is 0 Å². The fraction of sp³-hybridized carbons (Fsp3) is 0.483. The molecule has 6 nitrogen and oxygen atoms in total. The molecular formula is C29H36N4O2. The monoisotopic (exact) mass is 472 g/mol. The Balaban J connectivity index is 1.22. The number of nitrogens with one attached hydrogen (secondary N) is 1. The quantitative estimate of drug-likeness (QED) is 0.564. The molecule has 0 radical (unpaired) electrons. The summed E-state index contributed by atoms with van der Waals surface area (Å²) < 4.78 is 5.71. The molecule has 3 aromatic rings. The molecule has 0 spiro atoms. The molecule has 2 heterocycles. The van der Waals surface area contributed by atoms with Crippen LogP contribution in [0.5, 0.6) is 0 Å². The number of hydrogen-bond acceptors (Lipinski definition) is 5. The third kappa shape index (κ3) is 5.39. The fourth-order valence-corrected chi connectivity index (χ4v) is 5.69. The van der Waals surface area contributed by atoms with E-state index in [0.717, 1.165) is 43.6 Å². The minimum atomic E-state index is 0.0237. The van der Waals surface area contributed by atoms with Crippen LogP contribution in [0.25, 0.3) is 10.8 Å². The summed E-state index contributed by atoms with van der Waals surface area (Å²) in [5.41, 5.74) is 3.52. The molecule has 2 aliphatic rings. The van der Waals surface area contributed by atoms with Crippen LogP contribution in [-0.4, -0.2) is 59.2 Å². The lowest BCUT2D eigenvalue weighted by Gasteiger charge is -2.38. The minimum absolute atomic E-state index is 0.0237. The van der Waals surface area contributed by atoms with E-state index in [9.17, 15) is 4.79 Å². The average molecular weight is 473 g/mol. The van der Waals surface area contributed by atoms with E-state index in [1.54, 1.807) is 6.33 Å². The molecule has 184 valence electrons. The van der Waals surface area contributed by atoms with E-state index < -0.39 is 0 Å². The number of ether oxygens (including phenoxy) is 1. The van der Waals surface area contributed by atoms with E-state index in [2.05, 4.69) is 57.7 Å². The lowest BCUT2D eigenvalue weighted by molar-refractivity contribution is 0.0329. The molecule has 0 bridgehead atoms. The van der Waals surface area contributed by atoms with E-state index in [-0.39, 0.29) is 5.91 Å². The SMILES string of the molecule is CO[C@@H]1CCCC[C@@H]1NC1CCN(C(=O)c2ncnc(Cc3ccc4ccccc4c3)c2C)CC1. The second-order valence-electron chi connectivity index (χ2n) is 10.1. The van der Waals surface area contributed by atoms with E-state index in [4.69, 9.17) is 4.74 Å². The maximum Gasteiger partial charge on any atom is 0.272 e. The van der Waals surface area contributed by atoms with Crippen LogP contribution < -0.4 is 5.32 Å². The third-order valence-corrected chi connectivity index (χ3v) is 7.81. The molecule has 1 aromatic heterocycles. The zero-order valence-corrected chi connectivity index (χ0v) is 20.9. The maximum atomic E-state index is 13.4. The number of likely N-dealkylation sites (tertiary alicyclic amines) is 1. The molecule has 1 saturated carbocycles. The number of nitrogens with zero attached hydrogens (tertiary/aromatic N) is 3. The number of carbonyl (C=O) groups excluding carboxylic acids is 1. The Morgan fingerprint density at radius 2 is 1.80 bits per heavy atom. The summed E-state index contributed by atoms with van der Waals surface area (Å²) in [7, 11) is 1.82. The molecule has 1 aliphatic carbocycles. The summed E-state index contributed by atoms with van der Waals surface area (Å²) in [4.78, 5) is 24.3. The highest BCUT2D eigenvalue weighted by Crippen LogP contribution is 2.24. The molecule has 5 rings (SSSR count). The van der Waals surface area contributed by atoms with E-state index >= 15 is 0 Å². The third-order valence-electron chi connectivity index (χ3n) is 7.81. The van der Waals surface area contributed by atoms with E-state index in [1.165, 1.54) is 35.6 Å². The van der Waals surface area contributed by atoms with Gasteiger partial charge in [-0.3, -0.25) is 4.79 Å². The van der Waals surface area contributed by atoms with Gasteiger partial charge in [-0.05, 0) is 48.9 Å². The predicted molar refractivity (Wildman–Crippen MR) is 139 cm³/mol. The van der Waals surface area contributed by atoms with Crippen molar-refractivity contribution in [3.8, 4) is 0 Å². The largest absolute Gasteiger partial charge is 0.380 e. The molecule has 1 aliphatic heterocycles. The van der Waals surface area contributed by atoms with Crippen LogP contribution in [0.1, 0.15) is 65.8 Å². The molecule has 1 N–H and O–H groups in total. The standard InChI is InChI=1S/C29H36N4O2/c1-20-26(18-21-11-12-22-7-3-4-8-23(22)17-21)30-19-31-28(20)29(34)33-15-13-24(14-16-33)32-25-9-5-6-10-27(25)35-2/h3-4,7-8,11-12,17,19,24-25,27,32H,5-6,9-10,13-16,18H2,1-2H3/t25-,27+/m0/s1. The Labute approximate surface area is 208 Å². The summed E-state index contributed by atoms with van der Waals surface area (Å²) in [6.45, 7) is 3.49. The van der Waals surface area contributed by atoms with Crippen LogP contribution in [0.2, 0.25) is 0 Å². The van der Waals surface area contributed by atoms with Crippen molar-refractivity contribution in [2.24, 2.45) is 0 Å². The van der Waals surface area contributed by atoms with Crippen molar-refractivity contribution in [1.29, 1.82) is 0 Å². The highest BCUT2D eigenvalue weighted by molar-refractivity contribution is 5.94. The molecule has 1 saturated heterocycles. The van der Waals surface area contributed by atoms with Crippen molar-refractivity contribution in [2.45, 2.75) is 70.1 Å². The van der Waals surface area contributed by atoms with Gasteiger partial charge in [0.1, 0.15) is 12.0 Å². The molecule has 2 fully saturated rings. The first-order valence-corrected chi connectivity index (χ1v) is 13.0. The van der Waals surface area contributed by atoms with Gasteiger partial charge in [-0.2, -0.15) is 0 Å². The summed E-state index contributed by atoms with van der Waals surface area (Å²) >= 11 is 0. The van der Waals surface area contributed by atoms with Gasteiger partial charge < -0.3 is 15.0 Å². The number of aromatic nitrogens is 2. The van der Waals surface area contributed by atoms with Crippen LogP contribution in [0.3, 0.4) is 0 Å². The van der Waals surface area contributed by atoms with Crippen LogP contribution in [-0.2, 0) is 11.2 Å². The molecular weight excluding hydrogens is 436 g/mol. The minimum Gasteiger partial charge on any atom is -0.380 e. The highest BCUT2D eigenvalue weighted by atomic mass is 16.5. The zero-order chi connectivity index (χ0) is 24.2. The number of piperidine rings is 1. The van der Waals surface area contributed by atoms with E-state index in [0.29, 0.717) is 30.3 Å². The van der Waals surface area contributed by atoms with Crippen LogP contribution in [0.15, 0.2) is 48.8 Å². The van der Waals surface area contributed by atoms with Gasteiger partial charge in [-0.15, -0.1) is 0 Å². The molecule has 2 aromatic carbocycles. The maximum absolute atomic E-state index is 13.4. The van der Waals surface area contributed by atoms with Gasteiger partial charge >= 0.3 is 0 Å². The molecule has 35 heavy (non-hydrogen) atoms. The van der Waals surface area contributed by atoms with E-state index in [1.807, 2.05) is 18.9 Å². The average Bonchev–Trinajstić information content (AvgIpc) is 2.90. The highest BCUT2D eigenvalue weighted by Gasteiger charge is 2.30. The van der Waals surface area contributed by atoms with Crippen molar-refractivity contribution in [3.63, 3.8) is 0 Å². The number of hydrogen-bond donors (Lipinski definition) is 1. The number of fused-ring (bicyclic) bond motifs is 1. The van der Waals surface area contributed by atoms with Crippen molar-refractivity contribution >= 4 is 16.7 Å². The van der Waals surface area contributed by atoms with Gasteiger partial charge in [0.15, 0.2) is 0 Å². The Morgan fingerprint density at radius 1 is 1.03 bits per heavy atom. The summed E-state index contributed by atoms with van der Waals surface area (Å²) in [5.74, 6) is 0.0237. The zero-order valence-electron chi connectivity index (χ0n) is 20.9. The number of methoxy groups -OCH3 is 1. The summed E-state index contributed by atoms with van der Waals surface area (Å²) in [6, 6.07) is 15.7. The van der Waals surface area contributed by atoms with Gasteiger partial charge in [0, 0.05) is 44.3 Å². The first-order valence-electron chi connectivity index (χ1n) is 13.0. The van der Waals surface area contributed by atoms with Crippen molar-refractivity contribution < 1.29 is 9.53 Å². The number of benzene rings is 2. The van der Waals surface area contributed by atoms with Gasteiger partial charge in [0.2, 0.25) is 0 Å². The lowest BCUT2D eigenvalue weighted by atomic mass is 9.90. The van der Waals surface area contributed by atoms with Crippen molar-refractivity contribution in [2.75, 3.05) is 20.2 Å².